The highest BCUT2D eigenvalue weighted by Crippen LogP contribution is 1.99. The van der Waals surface area contributed by atoms with E-state index in [4.69, 9.17) is 0 Å². The van der Waals surface area contributed by atoms with Crippen molar-refractivity contribution in [3.63, 3.8) is 0 Å². The van der Waals surface area contributed by atoms with Crippen LogP contribution in [0.5, 0.6) is 0 Å². The summed E-state index contributed by atoms with van der Waals surface area (Å²) in [6.07, 6.45) is 3.47. The fourth-order valence-corrected chi connectivity index (χ4v) is 0.774. The Kier molecular flexibility index (Phi) is 1.76. The molecule has 3 nitrogen and oxygen atoms in total. The fourth-order valence-electron chi connectivity index (χ4n) is 0.774. The van der Waals surface area contributed by atoms with Crippen molar-refractivity contribution in [1.29, 1.82) is 0 Å². The van der Waals surface area contributed by atoms with E-state index in [-0.39, 0.29) is 0 Å². The molecule has 54 valence electrons. The number of nitrogens with zero attached hydrogens (tertiary/aromatic N) is 2. The van der Waals surface area contributed by atoms with E-state index in [1.165, 1.54) is 0 Å². The second-order valence-electron chi connectivity index (χ2n) is 2.29. The van der Waals surface area contributed by atoms with Crippen LogP contribution in [0.15, 0.2) is 29.7 Å². The molecule has 10 heavy (non-hydrogen) atoms. The molecule has 0 saturated heterocycles. The third-order valence-electron chi connectivity index (χ3n) is 1.22. The van der Waals surface area contributed by atoms with E-state index in [1.807, 2.05) is 19.0 Å². The van der Waals surface area contributed by atoms with Crippen LogP contribution < -0.4 is 5.32 Å². The average Bonchev–Trinajstić information content (AvgIpc) is 1.88. The molecular weight excluding hydrogens is 126 g/mol. The Morgan fingerprint density at radius 1 is 1.60 bits per heavy atom. The minimum atomic E-state index is 0.840. The molecule has 0 unspecified atom stereocenters. The van der Waals surface area contributed by atoms with Gasteiger partial charge >= 0.3 is 0 Å². The van der Waals surface area contributed by atoms with Crippen LogP contribution in [0, 0.1) is 0 Å². The molecule has 1 aliphatic rings. The molecule has 0 fully saturated rings. The second-order valence-corrected chi connectivity index (χ2v) is 2.29. The fraction of sp³-hybridized carbons (Fsp3) is 0.286. The van der Waals surface area contributed by atoms with Crippen LogP contribution in [0.1, 0.15) is 0 Å². The normalized spacial score (nSPS) is 16.2. The zero-order valence-electron chi connectivity index (χ0n) is 6.26. The van der Waals surface area contributed by atoms with E-state index >= 15 is 0 Å². The number of likely N-dealkylation sites (N-methyl/N-ethyl adjacent to an activating group) is 1. The summed E-state index contributed by atoms with van der Waals surface area (Å²) in [5.74, 6) is 0.877. The molecule has 1 N–H and O–H groups in total. The van der Waals surface area contributed by atoms with Crippen molar-refractivity contribution in [3.8, 4) is 0 Å². The van der Waals surface area contributed by atoms with Crippen molar-refractivity contribution in [1.82, 2.24) is 10.2 Å². The lowest BCUT2D eigenvalue weighted by atomic mass is 10.4. The summed E-state index contributed by atoms with van der Waals surface area (Å²) >= 11 is 0. The molecule has 0 aromatic rings. The van der Waals surface area contributed by atoms with E-state index in [2.05, 4.69) is 16.9 Å². The molecule has 1 rings (SSSR count). The first-order valence-electron chi connectivity index (χ1n) is 3.08. The standard InChI is InChI=1S/C7H11N3/c1-6-7(10(2)3)9-5-4-8-6/h4-5,8H,1H2,2-3H3. The van der Waals surface area contributed by atoms with Crippen molar-refractivity contribution in [2.24, 2.45) is 4.99 Å². The van der Waals surface area contributed by atoms with Gasteiger partial charge in [0.1, 0.15) is 0 Å². The van der Waals surface area contributed by atoms with Crippen molar-refractivity contribution >= 4 is 5.84 Å². The van der Waals surface area contributed by atoms with Gasteiger partial charge in [-0.2, -0.15) is 0 Å². The number of rotatable bonds is 0. The first kappa shape index (κ1) is 6.86. The maximum atomic E-state index is 4.11. The summed E-state index contributed by atoms with van der Waals surface area (Å²) in [4.78, 5) is 6.03. The van der Waals surface area contributed by atoms with Crippen molar-refractivity contribution < 1.29 is 0 Å². The Balaban J connectivity index is 2.80. The highest BCUT2D eigenvalue weighted by atomic mass is 15.2. The molecule has 0 bridgehead atoms. The Hall–Kier alpha value is -1.25. The van der Waals surface area contributed by atoms with E-state index in [9.17, 15) is 0 Å². The van der Waals surface area contributed by atoms with E-state index in [0.717, 1.165) is 11.5 Å². The van der Waals surface area contributed by atoms with Crippen molar-refractivity contribution in [2.45, 2.75) is 0 Å². The molecule has 3 heteroatoms. The summed E-state index contributed by atoms with van der Waals surface area (Å²) in [7, 11) is 3.87. The molecule has 1 aliphatic heterocycles. The molecule has 0 radical (unpaired) electrons. The van der Waals surface area contributed by atoms with Gasteiger partial charge in [0.05, 0.1) is 5.70 Å². The summed E-state index contributed by atoms with van der Waals surface area (Å²) in [5.41, 5.74) is 0.840. The SMILES string of the molecule is C=C1NC=CN=C1N(C)C. The number of nitrogens with one attached hydrogen (secondary N) is 1. The Bertz CT molecular complexity index is 201. The van der Waals surface area contributed by atoms with E-state index < -0.39 is 0 Å². The monoisotopic (exact) mass is 137 g/mol. The lowest BCUT2D eigenvalue weighted by molar-refractivity contribution is 0.616. The predicted octanol–water partition coefficient (Wildman–Crippen LogP) is 0.535. The second kappa shape index (κ2) is 2.56. The Morgan fingerprint density at radius 2 is 2.30 bits per heavy atom. The molecule has 0 atom stereocenters. The van der Waals surface area contributed by atoms with Crippen molar-refractivity contribution in [3.05, 3.63) is 24.7 Å². The lowest BCUT2D eigenvalue weighted by Crippen LogP contribution is -2.29. The third kappa shape index (κ3) is 1.18. The first-order chi connectivity index (χ1) is 4.72. The van der Waals surface area contributed by atoms with Crippen LogP contribution in [0.4, 0.5) is 0 Å². The number of aliphatic imine (C=N–C) groups is 1. The van der Waals surface area contributed by atoms with Gasteiger partial charge in [-0.3, -0.25) is 0 Å². The first-order valence-corrected chi connectivity index (χ1v) is 3.08. The van der Waals surface area contributed by atoms with Gasteiger partial charge in [-0.05, 0) is 0 Å². The third-order valence-corrected chi connectivity index (χ3v) is 1.22. The largest absolute Gasteiger partial charge is 0.361 e. The Labute approximate surface area is 60.7 Å². The Morgan fingerprint density at radius 3 is 2.70 bits per heavy atom. The van der Waals surface area contributed by atoms with Crippen LogP contribution in [0.25, 0.3) is 0 Å². The van der Waals surface area contributed by atoms with E-state index in [1.54, 1.807) is 12.4 Å². The lowest BCUT2D eigenvalue weighted by Gasteiger charge is -2.18. The van der Waals surface area contributed by atoms with Gasteiger partial charge in [-0.1, -0.05) is 6.58 Å². The highest BCUT2D eigenvalue weighted by molar-refractivity contribution is 5.98. The molecule has 0 spiro atoms. The molecule has 1 heterocycles. The van der Waals surface area contributed by atoms with Crippen LogP contribution in [-0.2, 0) is 0 Å². The smallest absolute Gasteiger partial charge is 0.151 e. The van der Waals surface area contributed by atoms with Gasteiger partial charge in [-0.25, -0.2) is 4.99 Å². The van der Waals surface area contributed by atoms with Gasteiger partial charge in [0.15, 0.2) is 5.84 Å². The molecule has 0 aliphatic carbocycles. The van der Waals surface area contributed by atoms with Crippen LogP contribution in [0.3, 0.4) is 0 Å². The number of hydrogen-bond acceptors (Lipinski definition) is 3. The van der Waals surface area contributed by atoms with Gasteiger partial charge in [0.2, 0.25) is 0 Å². The summed E-state index contributed by atoms with van der Waals surface area (Å²) in [5, 5.41) is 2.97. The molecular formula is C7H11N3. The zero-order valence-corrected chi connectivity index (χ0v) is 6.26. The number of hydrogen-bond donors (Lipinski definition) is 1. The van der Waals surface area contributed by atoms with Crippen LogP contribution in [-0.4, -0.2) is 24.8 Å². The molecule has 0 amide bonds. The summed E-state index contributed by atoms with van der Waals surface area (Å²) in [6.45, 7) is 3.78. The minimum absolute atomic E-state index is 0.840. The summed E-state index contributed by atoms with van der Waals surface area (Å²) in [6, 6.07) is 0. The maximum absolute atomic E-state index is 4.11. The average molecular weight is 137 g/mol. The van der Waals surface area contributed by atoms with Crippen molar-refractivity contribution in [2.75, 3.05) is 14.1 Å². The molecule has 0 aromatic heterocycles. The van der Waals surface area contributed by atoms with Gasteiger partial charge in [0.25, 0.3) is 0 Å². The minimum Gasteiger partial charge on any atom is -0.361 e. The zero-order chi connectivity index (χ0) is 7.56. The summed E-state index contributed by atoms with van der Waals surface area (Å²) < 4.78 is 0. The number of amidine groups is 1. The van der Waals surface area contributed by atoms with Crippen LogP contribution in [0.2, 0.25) is 0 Å². The molecule has 0 saturated carbocycles. The van der Waals surface area contributed by atoms with E-state index in [0.29, 0.717) is 0 Å². The highest BCUT2D eigenvalue weighted by Gasteiger charge is 2.06. The molecule has 0 aromatic carbocycles. The van der Waals surface area contributed by atoms with Gasteiger partial charge in [-0.15, -0.1) is 0 Å². The quantitative estimate of drug-likeness (QED) is 0.527. The van der Waals surface area contributed by atoms with Gasteiger partial charge in [0, 0.05) is 26.5 Å². The predicted molar refractivity (Wildman–Crippen MR) is 42.5 cm³/mol. The van der Waals surface area contributed by atoms with Crippen LogP contribution >= 0.6 is 0 Å². The van der Waals surface area contributed by atoms with Gasteiger partial charge < -0.3 is 10.2 Å². The maximum Gasteiger partial charge on any atom is 0.151 e. The topological polar surface area (TPSA) is 27.6 Å².